The van der Waals surface area contributed by atoms with Gasteiger partial charge in [-0.1, -0.05) is 24.6 Å². The molecule has 1 saturated heterocycles. The molecule has 0 spiro atoms. The summed E-state index contributed by atoms with van der Waals surface area (Å²) in [5, 5.41) is 0.441. The molecule has 0 N–H and O–H groups in total. The maximum absolute atomic E-state index is 13.1. The zero-order valence-electron chi connectivity index (χ0n) is 15.2. The van der Waals surface area contributed by atoms with Crippen LogP contribution in [0.25, 0.3) is 0 Å². The van der Waals surface area contributed by atoms with Crippen LogP contribution in [0.4, 0.5) is 5.69 Å². The largest absolute Gasteiger partial charge is 0.338 e. The minimum atomic E-state index is -3.65. The van der Waals surface area contributed by atoms with E-state index in [-0.39, 0.29) is 5.91 Å². The van der Waals surface area contributed by atoms with E-state index in [1.54, 1.807) is 23.1 Å². The lowest BCUT2D eigenvalue weighted by atomic mass is 10.1. The molecule has 0 bridgehead atoms. The van der Waals surface area contributed by atoms with Crippen molar-refractivity contribution in [3.63, 3.8) is 0 Å². The number of halogens is 1. The first kappa shape index (κ1) is 20.0. The van der Waals surface area contributed by atoms with Crippen LogP contribution in [-0.4, -0.2) is 69.6 Å². The third-order valence-electron chi connectivity index (χ3n) is 4.54. The highest BCUT2D eigenvalue weighted by atomic mass is 35.5. The van der Waals surface area contributed by atoms with E-state index in [0.717, 1.165) is 24.9 Å². The molecule has 1 aliphatic rings. The number of anilines is 1. The van der Waals surface area contributed by atoms with Gasteiger partial charge in [0.15, 0.2) is 0 Å². The number of amides is 1. The summed E-state index contributed by atoms with van der Waals surface area (Å²) >= 11 is 6.08. The molecule has 25 heavy (non-hydrogen) atoms. The first-order chi connectivity index (χ1) is 11.6. The minimum absolute atomic E-state index is 0.152. The molecule has 1 fully saturated rings. The highest BCUT2D eigenvalue weighted by Crippen LogP contribution is 2.29. The van der Waals surface area contributed by atoms with Gasteiger partial charge < -0.3 is 9.80 Å². The number of nitrogens with zero attached hydrogens (tertiary/aromatic N) is 3. The van der Waals surface area contributed by atoms with Crippen LogP contribution in [0.5, 0.6) is 0 Å². The van der Waals surface area contributed by atoms with Gasteiger partial charge in [-0.25, -0.2) is 8.42 Å². The maximum atomic E-state index is 13.1. The zero-order chi connectivity index (χ0) is 18.8. The average Bonchev–Trinajstić information content (AvgIpc) is 2.54. The van der Waals surface area contributed by atoms with Crippen molar-refractivity contribution in [1.82, 2.24) is 9.80 Å². The first-order valence-electron chi connectivity index (χ1n) is 8.38. The van der Waals surface area contributed by atoms with Crippen molar-refractivity contribution in [2.45, 2.75) is 26.3 Å². The minimum Gasteiger partial charge on any atom is -0.338 e. The van der Waals surface area contributed by atoms with Gasteiger partial charge in [0.1, 0.15) is 6.04 Å². The predicted molar refractivity (Wildman–Crippen MR) is 102 cm³/mol. The van der Waals surface area contributed by atoms with E-state index >= 15 is 0 Å². The summed E-state index contributed by atoms with van der Waals surface area (Å²) in [4.78, 5) is 17.0. The molecule has 1 heterocycles. The number of benzene rings is 1. The smallest absolute Gasteiger partial charge is 0.246 e. The summed E-state index contributed by atoms with van der Waals surface area (Å²) in [6.45, 7) is 6.44. The highest BCUT2D eigenvalue weighted by Gasteiger charge is 2.35. The summed E-state index contributed by atoms with van der Waals surface area (Å²) in [5.74, 6) is -0.152. The number of likely N-dealkylation sites (N-methyl/N-ethyl adjacent to an activating group) is 1. The number of carbonyl (C=O) groups is 1. The lowest BCUT2D eigenvalue weighted by Gasteiger charge is -2.38. The maximum Gasteiger partial charge on any atom is 0.246 e. The number of aryl methyl sites for hydroxylation is 1. The Hall–Kier alpha value is -1.31. The molecule has 2 rings (SSSR count). The van der Waals surface area contributed by atoms with Crippen molar-refractivity contribution in [2.24, 2.45) is 0 Å². The van der Waals surface area contributed by atoms with Gasteiger partial charge in [0.05, 0.1) is 11.9 Å². The molecule has 0 aromatic heterocycles. The van der Waals surface area contributed by atoms with Gasteiger partial charge in [-0.15, -0.1) is 0 Å². The lowest BCUT2D eigenvalue weighted by Crippen LogP contribution is -2.55. The Labute approximate surface area is 155 Å². The van der Waals surface area contributed by atoms with E-state index in [1.165, 1.54) is 4.31 Å². The van der Waals surface area contributed by atoms with Gasteiger partial charge in [0.25, 0.3) is 0 Å². The Bertz CT molecular complexity index is 731. The van der Waals surface area contributed by atoms with Gasteiger partial charge >= 0.3 is 0 Å². The molecule has 0 unspecified atom stereocenters. The molecule has 1 aromatic rings. The monoisotopic (exact) mass is 387 g/mol. The number of hydrogen-bond donors (Lipinski definition) is 0. The second-order valence-electron chi connectivity index (χ2n) is 6.54. The molecule has 0 saturated carbocycles. The molecule has 140 valence electrons. The molecule has 1 aliphatic heterocycles. The van der Waals surface area contributed by atoms with Crippen LogP contribution in [0, 0.1) is 6.92 Å². The third-order valence-corrected chi connectivity index (χ3v) is 5.94. The summed E-state index contributed by atoms with van der Waals surface area (Å²) in [7, 11) is -1.64. The Morgan fingerprint density at radius 2 is 1.88 bits per heavy atom. The van der Waals surface area contributed by atoms with Crippen molar-refractivity contribution in [3.05, 3.63) is 28.8 Å². The molecule has 8 heteroatoms. The standard InChI is InChI=1S/C17H26ClN3O3S/c1-5-15(17(22)20-10-8-19(3)9-11-20)21(25(4,23)24)16-12-14(18)7-6-13(16)2/h6-7,12,15H,5,8-11H2,1-4H3/t15-/m0/s1. The first-order valence-corrected chi connectivity index (χ1v) is 10.6. The number of sulfonamides is 1. The molecule has 1 amide bonds. The van der Waals surface area contributed by atoms with E-state index in [0.29, 0.717) is 30.2 Å². The number of rotatable bonds is 5. The fraction of sp³-hybridized carbons (Fsp3) is 0.588. The van der Waals surface area contributed by atoms with Gasteiger partial charge in [-0.2, -0.15) is 0 Å². The van der Waals surface area contributed by atoms with E-state index in [1.807, 2.05) is 20.9 Å². The predicted octanol–water partition coefficient (Wildman–Crippen LogP) is 1.97. The summed E-state index contributed by atoms with van der Waals surface area (Å²) in [6.07, 6.45) is 1.53. The summed E-state index contributed by atoms with van der Waals surface area (Å²) in [6, 6.07) is 4.32. The van der Waals surface area contributed by atoms with E-state index in [2.05, 4.69) is 4.90 Å². The molecular weight excluding hydrogens is 362 g/mol. The fourth-order valence-corrected chi connectivity index (χ4v) is 4.50. The molecule has 0 radical (unpaired) electrons. The quantitative estimate of drug-likeness (QED) is 0.775. The summed E-state index contributed by atoms with van der Waals surface area (Å²) < 4.78 is 26.3. The fourth-order valence-electron chi connectivity index (χ4n) is 3.08. The van der Waals surface area contributed by atoms with Crippen LogP contribution in [-0.2, 0) is 14.8 Å². The van der Waals surface area contributed by atoms with E-state index in [4.69, 9.17) is 11.6 Å². The molecule has 1 atom stereocenters. The Morgan fingerprint density at radius 1 is 1.28 bits per heavy atom. The van der Waals surface area contributed by atoms with Crippen molar-refractivity contribution < 1.29 is 13.2 Å². The molecule has 0 aliphatic carbocycles. The van der Waals surface area contributed by atoms with Crippen LogP contribution in [0.3, 0.4) is 0 Å². The average molecular weight is 388 g/mol. The lowest BCUT2D eigenvalue weighted by molar-refractivity contribution is -0.134. The van der Waals surface area contributed by atoms with Gasteiger partial charge in [-0.05, 0) is 38.1 Å². The Morgan fingerprint density at radius 3 is 2.40 bits per heavy atom. The molecule has 1 aromatic carbocycles. The molecular formula is C17H26ClN3O3S. The SMILES string of the molecule is CC[C@@H](C(=O)N1CCN(C)CC1)N(c1cc(Cl)ccc1C)S(C)(=O)=O. The summed E-state index contributed by atoms with van der Waals surface area (Å²) in [5.41, 5.74) is 1.23. The third kappa shape index (κ3) is 4.65. The molecule has 6 nitrogen and oxygen atoms in total. The topological polar surface area (TPSA) is 60.9 Å². The zero-order valence-corrected chi connectivity index (χ0v) is 16.8. The van der Waals surface area contributed by atoms with Crippen LogP contribution < -0.4 is 4.31 Å². The van der Waals surface area contributed by atoms with Crippen LogP contribution in [0.2, 0.25) is 5.02 Å². The van der Waals surface area contributed by atoms with Crippen LogP contribution in [0.1, 0.15) is 18.9 Å². The van der Waals surface area contributed by atoms with Crippen LogP contribution >= 0.6 is 11.6 Å². The van der Waals surface area contributed by atoms with Crippen molar-refractivity contribution in [2.75, 3.05) is 43.8 Å². The second-order valence-corrected chi connectivity index (χ2v) is 8.84. The van der Waals surface area contributed by atoms with Gasteiger partial charge in [0, 0.05) is 31.2 Å². The number of piperazine rings is 1. The van der Waals surface area contributed by atoms with Gasteiger partial charge in [-0.3, -0.25) is 9.10 Å². The Kier molecular flexibility index (Phi) is 6.35. The second kappa shape index (κ2) is 7.93. The Balaban J connectivity index is 2.41. The van der Waals surface area contributed by atoms with Crippen molar-refractivity contribution in [1.29, 1.82) is 0 Å². The highest BCUT2D eigenvalue weighted by molar-refractivity contribution is 7.92. The van der Waals surface area contributed by atoms with E-state index < -0.39 is 16.1 Å². The van der Waals surface area contributed by atoms with Crippen LogP contribution in [0.15, 0.2) is 18.2 Å². The van der Waals surface area contributed by atoms with E-state index in [9.17, 15) is 13.2 Å². The van der Waals surface area contributed by atoms with Crippen molar-refractivity contribution in [3.8, 4) is 0 Å². The normalized spacial score (nSPS) is 17.4. The number of hydrogen-bond acceptors (Lipinski definition) is 4. The van der Waals surface area contributed by atoms with Gasteiger partial charge in [0.2, 0.25) is 15.9 Å². The number of carbonyl (C=O) groups excluding carboxylic acids is 1. The van der Waals surface area contributed by atoms with Crippen molar-refractivity contribution >= 4 is 33.2 Å².